The number of hydrogen-bond acceptors (Lipinski definition) is 6. The Balaban J connectivity index is 1.97. The summed E-state index contributed by atoms with van der Waals surface area (Å²) in [6, 6.07) is 3.14. The van der Waals surface area contributed by atoms with E-state index in [1.165, 1.54) is 12.4 Å². The highest BCUT2D eigenvalue weighted by Crippen LogP contribution is 2.22. The Labute approximate surface area is 115 Å². The van der Waals surface area contributed by atoms with Gasteiger partial charge in [-0.25, -0.2) is 4.98 Å². The molecular weight excluding hydrogens is 289 g/mol. The Morgan fingerprint density at radius 1 is 1.55 bits per heavy atom. The van der Waals surface area contributed by atoms with Crippen LogP contribution < -0.4 is 5.32 Å². The minimum absolute atomic E-state index is 0.0420. The molecule has 0 aliphatic heterocycles. The molecule has 0 unspecified atom stereocenters. The lowest BCUT2D eigenvalue weighted by Crippen LogP contribution is -2.14. The Bertz CT molecular complexity index is 634. The van der Waals surface area contributed by atoms with Crippen LogP contribution >= 0.6 is 11.8 Å². The number of amides is 1. The smallest absolute Gasteiger partial charge is 0.306 e. The zero-order chi connectivity index (χ0) is 14.5. The molecule has 2 rings (SSSR count). The maximum Gasteiger partial charge on any atom is 0.306 e. The quantitative estimate of drug-likeness (QED) is 0.492. The number of benzene rings is 1. The number of aromatic nitrogens is 3. The third-order valence-electron chi connectivity index (χ3n) is 2.16. The number of thioether (sulfide) groups is 1. The number of rotatable bonds is 5. The summed E-state index contributed by atoms with van der Waals surface area (Å²) in [6.45, 7) is 0. The lowest BCUT2D eigenvalue weighted by molar-refractivity contribution is -0.387. The number of nitrogens with zero attached hydrogens (tertiary/aromatic N) is 3. The van der Waals surface area contributed by atoms with Crippen LogP contribution in [0.25, 0.3) is 0 Å². The highest BCUT2D eigenvalue weighted by molar-refractivity contribution is 7.99. The number of carbonyl (C=O) groups excluding carboxylic acids is 1. The number of hydrogen-bond donors (Lipinski definition) is 2. The number of nitro benzene ring substituents is 1. The topological polar surface area (TPSA) is 114 Å². The first kappa shape index (κ1) is 13.9. The molecule has 1 aromatic heterocycles. The number of nitro groups is 1. The summed E-state index contributed by atoms with van der Waals surface area (Å²) >= 11 is 1.12. The van der Waals surface area contributed by atoms with E-state index in [4.69, 9.17) is 0 Å². The van der Waals surface area contributed by atoms with E-state index < -0.39 is 22.3 Å². The number of halogens is 1. The molecule has 104 valence electrons. The summed E-state index contributed by atoms with van der Waals surface area (Å²) in [4.78, 5) is 25.2. The fourth-order valence-corrected chi connectivity index (χ4v) is 1.90. The monoisotopic (exact) mass is 297 g/mol. The van der Waals surface area contributed by atoms with Crippen LogP contribution in [0.3, 0.4) is 0 Å². The van der Waals surface area contributed by atoms with Gasteiger partial charge in [0.15, 0.2) is 5.16 Å². The number of carbonyl (C=O) groups is 1. The minimum atomic E-state index is -0.955. The Morgan fingerprint density at radius 3 is 3.00 bits per heavy atom. The van der Waals surface area contributed by atoms with Crippen LogP contribution in [-0.4, -0.2) is 31.8 Å². The molecule has 2 aromatic rings. The first-order valence-corrected chi connectivity index (χ1v) is 6.27. The normalized spacial score (nSPS) is 10.2. The molecule has 10 heteroatoms. The summed E-state index contributed by atoms with van der Waals surface area (Å²) in [5.74, 6) is -1.31. The van der Waals surface area contributed by atoms with Gasteiger partial charge in [-0.3, -0.25) is 20.0 Å². The molecule has 8 nitrogen and oxygen atoms in total. The standard InChI is InChI=1S/C10H8FN5O3S/c11-7-2-1-6(3-8(7)16(18)19)14-9(17)4-20-10-12-5-13-15-10/h1-3,5H,4H2,(H,14,17)(H,12,13,15). The van der Waals surface area contributed by atoms with E-state index in [9.17, 15) is 19.3 Å². The van der Waals surface area contributed by atoms with Crippen LogP contribution in [0, 0.1) is 15.9 Å². The fourth-order valence-electron chi connectivity index (χ4n) is 1.33. The van der Waals surface area contributed by atoms with Gasteiger partial charge in [0.25, 0.3) is 0 Å². The van der Waals surface area contributed by atoms with Gasteiger partial charge in [0.1, 0.15) is 6.33 Å². The van der Waals surface area contributed by atoms with Crippen molar-refractivity contribution in [3.63, 3.8) is 0 Å². The molecule has 0 saturated heterocycles. The molecule has 0 saturated carbocycles. The van der Waals surface area contributed by atoms with E-state index >= 15 is 0 Å². The van der Waals surface area contributed by atoms with Gasteiger partial charge in [0.05, 0.1) is 10.7 Å². The maximum atomic E-state index is 13.1. The number of aromatic amines is 1. The van der Waals surface area contributed by atoms with Crippen molar-refractivity contribution in [2.45, 2.75) is 5.16 Å². The molecule has 0 radical (unpaired) electrons. The number of nitrogens with one attached hydrogen (secondary N) is 2. The van der Waals surface area contributed by atoms with Gasteiger partial charge in [0, 0.05) is 11.8 Å². The van der Waals surface area contributed by atoms with Crippen LogP contribution in [0.5, 0.6) is 0 Å². The second-order valence-electron chi connectivity index (χ2n) is 3.55. The summed E-state index contributed by atoms with van der Waals surface area (Å²) in [5, 5.41) is 19.7. The van der Waals surface area contributed by atoms with Crippen molar-refractivity contribution in [3.05, 3.63) is 40.5 Å². The van der Waals surface area contributed by atoms with Gasteiger partial charge in [-0.2, -0.15) is 9.49 Å². The van der Waals surface area contributed by atoms with Gasteiger partial charge < -0.3 is 5.32 Å². The van der Waals surface area contributed by atoms with Gasteiger partial charge in [-0.1, -0.05) is 11.8 Å². The SMILES string of the molecule is O=C(CSc1ncn[nH]1)Nc1ccc(F)c([N+](=O)[O-])c1. The highest BCUT2D eigenvalue weighted by Gasteiger charge is 2.15. The van der Waals surface area contributed by atoms with Gasteiger partial charge >= 0.3 is 5.69 Å². The van der Waals surface area contributed by atoms with Crippen LogP contribution in [-0.2, 0) is 4.79 Å². The molecule has 0 fully saturated rings. The Hall–Kier alpha value is -2.49. The average Bonchev–Trinajstić information content (AvgIpc) is 2.91. The van der Waals surface area contributed by atoms with Crippen molar-refractivity contribution in [3.8, 4) is 0 Å². The Morgan fingerprint density at radius 2 is 2.35 bits per heavy atom. The molecule has 0 aliphatic rings. The van der Waals surface area contributed by atoms with Gasteiger partial charge in [-0.15, -0.1) is 0 Å². The first-order valence-electron chi connectivity index (χ1n) is 5.28. The van der Waals surface area contributed by atoms with Crippen LogP contribution in [0.1, 0.15) is 0 Å². The lowest BCUT2D eigenvalue weighted by Gasteiger charge is -2.04. The van der Waals surface area contributed by atoms with Crippen molar-refractivity contribution in [2.24, 2.45) is 0 Å². The summed E-state index contributed by atoms with van der Waals surface area (Å²) in [7, 11) is 0. The highest BCUT2D eigenvalue weighted by atomic mass is 32.2. The summed E-state index contributed by atoms with van der Waals surface area (Å²) < 4.78 is 13.1. The molecule has 1 heterocycles. The van der Waals surface area contributed by atoms with E-state index in [1.54, 1.807) is 0 Å². The predicted molar refractivity (Wildman–Crippen MR) is 68.8 cm³/mol. The third kappa shape index (κ3) is 3.51. The second-order valence-corrected chi connectivity index (χ2v) is 4.51. The van der Waals surface area contributed by atoms with Crippen molar-refractivity contribution >= 4 is 29.0 Å². The van der Waals surface area contributed by atoms with Crippen LogP contribution in [0.2, 0.25) is 0 Å². The van der Waals surface area contributed by atoms with Gasteiger partial charge in [-0.05, 0) is 12.1 Å². The van der Waals surface area contributed by atoms with Crippen molar-refractivity contribution < 1.29 is 14.1 Å². The zero-order valence-corrected chi connectivity index (χ0v) is 10.7. The molecule has 1 aromatic carbocycles. The van der Waals surface area contributed by atoms with E-state index in [-0.39, 0.29) is 11.4 Å². The second kappa shape index (κ2) is 6.10. The van der Waals surface area contributed by atoms with Gasteiger partial charge in [0.2, 0.25) is 11.7 Å². The Kier molecular flexibility index (Phi) is 4.25. The zero-order valence-electron chi connectivity index (χ0n) is 9.87. The van der Waals surface area contributed by atoms with Crippen molar-refractivity contribution in [1.82, 2.24) is 15.2 Å². The molecule has 0 atom stereocenters. The average molecular weight is 297 g/mol. The van der Waals surface area contributed by atoms with E-state index in [0.717, 1.165) is 23.9 Å². The number of anilines is 1. The summed E-state index contributed by atoms with van der Waals surface area (Å²) in [6.07, 6.45) is 1.31. The first-order chi connectivity index (χ1) is 9.56. The molecule has 0 aliphatic carbocycles. The molecule has 1 amide bonds. The molecule has 0 spiro atoms. The fraction of sp³-hybridized carbons (Fsp3) is 0.100. The summed E-state index contributed by atoms with van der Waals surface area (Å²) in [5.41, 5.74) is -0.535. The van der Waals surface area contributed by atoms with Crippen molar-refractivity contribution in [1.29, 1.82) is 0 Å². The maximum absolute atomic E-state index is 13.1. The van der Waals surface area contributed by atoms with E-state index in [2.05, 4.69) is 20.5 Å². The predicted octanol–water partition coefficient (Wildman–Crippen LogP) is 1.58. The molecule has 0 bridgehead atoms. The van der Waals surface area contributed by atoms with Crippen LogP contribution in [0.15, 0.2) is 29.7 Å². The third-order valence-corrected chi connectivity index (χ3v) is 3.04. The number of H-pyrrole nitrogens is 1. The lowest BCUT2D eigenvalue weighted by atomic mass is 10.2. The van der Waals surface area contributed by atoms with Crippen molar-refractivity contribution in [2.75, 3.05) is 11.1 Å². The molecule has 2 N–H and O–H groups in total. The van der Waals surface area contributed by atoms with E-state index in [1.807, 2.05) is 0 Å². The largest absolute Gasteiger partial charge is 0.325 e. The molecule has 20 heavy (non-hydrogen) atoms. The minimum Gasteiger partial charge on any atom is -0.325 e. The molecular formula is C10H8FN5O3S. The van der Waals surface area contributed by atoms with Crippen LogP contribution in [0.4, 0.5) is 15.8 Å². The van der Waals surface area contributed by atoms with E-state index in [0.29, 0.717) is 5.16 Å².